The van der Waals surface area contributed by atoms with Crippen LogP contribution in [0.3, 0.4) is 0 Å². The van der Waals surface area contributed by atoms with Crippen LogP contribution in [0.25, 0.3) is 6.08 Å². The number of carbonyl (C=O) groups excluding carboxylic acids is 2. The van der Waals surface area contributed by atoms with Gasteiger partial charge in [-0.1, -0.05) is 35.9 Å². The summed E-state index contributed by atoms with van der Waals surface area (Å²) in [5.41, 5.74) is 0.398. The summed E-state index contributed by atoms with van der Waals surface area (Å²) in [6.07, 6.45) is 2.58. The van der Waals surface area contributed by atoms with E-state index in [1.807, 2.05) is 0 Å². The van der Waals surface area contributed by atoms with Crippen LogP contribution in [0.1, 0.15) is 25.6 Å². The largest absolute Gasteiger partial charge is 0.422 e. The summed E-state index contributed by atoms with van der Waals surface area (Å²) in [4.78, 5) is 25.1. The topological polar surface area (TPSA) is 43.4 Å². The molecule has 0 aliphatic carbocycles. The second-order valence-corrected chi connectivity index (χ2v) is 6.61. The number of thiophene rings is 1. The number of ketones is 1. The van der Waals surface area contributed by atoms with Crippen molar-refractivity contribution in [3.63, 3.8) is 0 Å². The molecular weight excluding hydrogens is 375 g/mol. The van der Waals surface area contributed by atoms with E-state index in [2.05, 4.69) is 0 Å². The minimum Gasteiger partial charge on any atom is -0.422 e. The molecule has 2 aromatic carbocycles. The number of halogens is 2. The Morgan fingerprint density at radius 3 is 2.62 bits per heavy atom. The van der Waals surface area contributed by atoms with E-state index in [4.69, 9.17) is 16.3 Å². The molecule has 0 atom stereocenters. The van der Waals surface area contributed by atoms with Crippen LogP contribution in [-0.2, 0) is 0 Å². The van der Waals surface area contributed by atoms with Gasteiger partial charge in [0.15, 0.2) is 5.78 Å². The fraction of sp³-hybridized carbons (Fsp3) is 0. The molecule has 0 radical (unpaired) electrons. The third kappa shape index (κ3) is 4.25. The van der Waals surface area contributed by atoms with E-state index in [1.54, 1.807) is 35.7 Å². The minimum absolute atomic E-state index is 0.0935. The van der Waals surface area contributed by atoms with E-state index in [0.717, 1.165) is 0 Å². The molecule has 0 saturated heterocycles. The van der Waals surface area contributed by atoms with Crippen molar-refractivity contribution >= 4 is 40.8 Å². The van der Waals surface area contributed by atoms with Gasteiger partial charge in [0, 0.05) is 10.6 Å². The Morgan fingerprint density at radius 1 is 1.08 bits per heavy atom. The van der Waals surface area contributed by atoms with E-state index in [-0.39, 0.29) is 16.9 Å². The second-order valence-electron chi connectivity index (χ2n) is 5.23. The molecule has 0 spiro atoms. The van der Waals surface area contributed by atoms with Crippen LogP contribution in [0.5, 0.6) is 5.75 Å². The van der Waals surface area contributed by atoms with Crippen molar-refractivity contribution in [3.8, 4) is 5.75 Å². The maximum atomic E-state index is 13.7. The molecule has 0 unspecified atom stereocenters. The van der Waals surface area contributed by atoms with Gasteiger partial charge in [-0.25, -0.2) is 9.18 Å². The number of carbonyl (C=O) groups is 2. The first-order chi connectivity index (χ1) is 12.5. The smallest absolute Gasteiger partial charge is 0.353 e. The molecule has 6 heteroatoms. The second kappa shape index (κ2) is 8.08. The number of benzene rings is 2. The lowest BCUT2D eigenvalue weighted by molar-refractivity contribution is 0.0738. The highest BCUT2D eigenvalue weighted by Gasteiger charge is 2.16. The normalized spacial score (nSPS) is 10.8. The average Bonchev–Trinajstić information content (AvgIpc) is 3.17. The molecule has 130 valence electrons. The first-order valence-electron chi connectivity index (χ1n) is 7.57. The standard InChI is InChI=1S/C20H12ClFO3S/c21-14-8-10-18(25-20(24)19-6-3-11-26-19)15(12-14)17(23)9-7-13-4-1-2-5-16(13)22/h1-12H/b9-7+. The monoisotopic (exact) mass is 386 g/mol. The molecule has 3 aromatic rings. The highest BCUT2D eigenvalue weighted by Crippen LogP contribution is 2.26. The van der Waals surface area contributed by atoms with Crippen molar-refractivity contribution in [1.29, 1.82) is 0 Å². The predicted octanol–water partition coefficient (Wildman–Crippen LogP) is 5.66. The molecule has 0 saturated carbocycles. The molecule has 0 aliphatic heterocycles. The molecule has 26 heavy (non-hydrogen) atoms. The van der Waals surface area contributed by atoms with Gasteiger partial charge in [0.1, 0.15) is 16.4 Å². The molecule has 1 heterocycles. The summed E-state index contributed by atoms with van der Waals surface area (Å²) in [5.74, 6) is -1.36. The third-order valence-electron chi connectivity index (χ3n) is 3.45. The molecule has 0 bridgehead atoms. The Bertz CT molecular complexity index is 980. The lowest BCUT2D eigenvalue weighted by Gasteiger charge is -2.08. The van der Waals surface area contributed by atoms with Crippen molar-refractivity contribution in [2.45, 2.75) is 0 Å². The van der Waals surface area contributed by atoms with Gasteiger partial charge < -0.3 is 4.74 Å². The van der Waals surface area contributed by atoms with Crippen molar-refractivity contribution in [3.05, 3.63) is 92.9 Å². The van der Waals surface area contributed by atoms with E-state index in [0.29, 0.717) is 9.90 Å². The summed E-state index contributed by atoms with van der Waals surface area (Å²) in [7, 11) is 0. The molecule has 0 N–H and O–H groups in total. The fourth-order valence-corrected chi connectivity index (χ4v) is 2.97. The molecule has 3 rings (SSSR count). The third-order valence-corrected chi connectivity index (χ3v) is 4.54. The lowest BCUT2D eigenvalue weighted by atomic mass is 10.1. The molecule has 0 aliphatic rings. The van der Waals surface area contributed by atoms with Gasteiger partial charge in [-0.3, -0.25) is 4.79 Å². The van der Waals surface area contributed by atoms with Crippen molar-refractivity contribution in [2.24, 2.45) is 0 Å². The Hall–Kier alpha value is -2.76. The van der Waals surface area contributed by atoms with E-state index in [9.17, 15) is 14.0 Å². The Morgan fingerprint density at radius 2 is 1.88 bits per heavy atom. The van der Waals surface area contributed by atoms with Gasteiger partial charge in [-0.2, -0.15) is 0 Å². The Kier molecular flexibility index (Phi) is 5.61. The Balaban J connectivity index is 1.86. The molecule has 1 aromatic heterocycles. The van der Waals surface area contributed by atoms with E-state index in [1.165, 1.54) is 47.8 Å². The van der Waals surface area contributed by atoms with Gasteiger partial charge in [-0.05, 0) is 47.9 Å². The van der Waals surface area contributed by atoms with Crippen LogP contribution in [0.15, 0.2) is 66.1 Å². The quantitative estimate of drug-likeness (QED) is 0.246. The van der Waals surface area contributed by atoms with Crippen molar-refractivity contribution in [2.75, 3.05) is 0 Å². The number of hydrogen-bond acceptors (Lipinski definition) is 4. The van der Waals surface area contributed by atoms with Crippen LogP contribution < -0.4 is 4.74 Å². The van der Waals surface area contributed by atoms with Gasteiger partial charge in [0.05, 0.1) is 5.56 Å². The summed E-state index contributed by atoms with van der Waals surface area (Å²) in [5, 5.41) is 2.07. The van der Waals surface area contributed by atoms with Gasteiger partial charge in [0.25, 0.3) is 0 Å². The highest BCUT2D eigenvalue weighted by atomic mass is 35.5. The average molecular weight is 387 g/mol. The van der Waals surface area contributed by atoms with Gasteiger partial charge >= 0.3 is 5.97 Å². The molecule has 0 amide bonds. The van der Waals surface area contributed by atoms with Crippen LogP contribution >= 0.6 is 22.9 Å². The van der Waals surface area contributed by atoms with Crippen molar-refractivity contribution in [1.82, 2.24) is 0 Å². The van der Waals surface area contributed by atoms with Crippen LogP contribution in [0.4, 0.5) is 4.39 Å². The summed E-state index contributed by atoms with van der Waals surface area (Å²) in [6.45, 7) is 0. The summed E-state index contributed by atoms with van der Waals surface area (Å²) < 4.78 is 19.0. The van der Waals surface area contributed by atoms with Crippen LogP contribution in [-0.4, -0.2) is 11.8 Å². The molecular formula is C20H12ClFO3S. The van der Waals surface area contributed by atoms with Gasteiger partial charge in [0.2, 0.25) is 0 Å². The SMILES string of the molecule is O=C(Oc1ccc(Cl)cc1C(=O)/C=C/c1ccccc1F)c1cccs1. The number of ether oxygens (including phenoxy) is 1. The maximum Gasteiger partial charge on any atom is 0.353 e. The number of allylic oxidation sites excluding steroid dienone is 1. The van der Waals surface area contributed by atoms with Crippen LogP contribution in [0, 0.1) is 5.82 Å². The first kappa shape index (κ1) is 18.0. The van der Waals surface area contributed by atoms with E-state index < -0.39 is 17.6 Å². The Labute approximate surface area is 158 Å². The highest BCUT2D eigenvalue weighted by molar-refractivity contribution is 7.12. The fourth-order valence-electron chi connectivity index (χ4n) is 2.19. The maximum absolute atomic E-state index is 13.7. The zero-order valence-corrected chi connectivity index (χ0v) is 14.9. The molecule has 3 nitrogen and oxygen atoms in total. The summed E-state index contributed by atoms with van der Waals surface area (Å²) in [6, 6.07) is 13.8. The lowest BCUT2D eigenvalue weighted by Crippen LogP contribution is -2.09. The number of rotatable bonds is 5. The number of esters is 1. The van der Waals surface area contributed by atoms with Crippen molar-refractivity contribution < 1.29 is 18.7 Å². The molecule has 0 fully saturated rings. The number of hydrogen-bond donors (Lipinski definition) is 0. The van der Waals surface area contributed by atoms with E-state index >= 15 is 0 Å². The summed E-state index contributed by atoms with van der Waals surface area (Å²) >= 11 is 7.20. The zero-order chi connectivity index (χ0) is 18.5. The zero-order valence-electron chi connectivity index (χ0n) is 13.3. The van der Waals surface area contributed by atoms with Crippen LogP contribution in [0.2, 0.25) is 5.02 Å². The predicted molar refractivity (Wildman–Crippen MR) is 100 cm³/mol. The minimum atomic E-state index is -0.561. The van der Waals surface area contributed by atoms with Gasteiger partial charge in [-0.15, -0.1) is 11.3 Å². The first-order valence-corrected chi connectivity index (χ1v) is 8.82.